The van der Waals surface area contributed by atoms with Crippen LogP contribution < -0.4 is 5.32 Å². The minimum absolute atomic E-state index is 0.503. The molecule has 3 atom stereocenters. The standard InChI is InChI=1S/C18H26N4/c1-13-3-6-17(19-10-13)14-4-5-15-11-22(20-18(15)9-14)16-7-8-21(2)12-16/h4-5,9,11,13,16-17,19H,3,6-8,10,12H2,1-2H3/t13-,16+,17+/m0/s1. The highest BCUT2D eigenvalue weighted by atomic mass is 15.3. The van der Waals surface area contributed by atoms with E-state index < -0.39 is 0 Å². The maximum atomic E-state index is 4.86. The summed E-state index contributed by atoms with van der Waals surface area (Å²) in [6.07, 6.45) is 5.98. The zero-order valence-electron chi connectivity index (χ0n) is 13.6. The molecule has 2 aliphatic rings. The Balaban J connectivity index is 1.58. The Morgan fingerprint density at radius 2 is 2.14 bits per heavy atom. The van der Waals surface area contributed by atoms with Gasteiger partial charge in [0.15, 0.2) is 0 Å². The van der Waals surface area contributed by atoms with Gasteiger partial charge in [-0.15, -0.1) is 0 Å². The Labute approximate surface area is 132 Å². The van der Waals surface area contributed by atoms with Crippen LogP contribution in [-0.2, 0) is 0 Å². The van der Waals surface area contributed by atoms with Gasteiger partial charge in [0.2, 0.25) is 0 Å². The van der Waals surface area contributed by atoms with Crippen LogP contribution >= 0.6 is 0 Å². The fourth-order valence-electron chi connectivity index (χ4n) is 3.87. The van der Waals surface area contributed by atoms with Crippen LogP contribution in [-0.4, -0.2) is 41.4 Å². The lowest BCUT2D eigenvalue weighted by Crippen LogP contribution is -2.31. The summed E-state index contributed by atoms with van der Waals surface area (Å²) in [6, 6.07) is 7.85. The Morgan fingerprint density at radius 3 is 2.86 bits per heavy atom. The van der Waals surface area contributed by atoms with E-state index in [9.17, 15) is 0 Å². The normalized spacial score (nSPS) is 30.2. The predicted octanol–water partition coefficient (Wildman–Crippen LogP) is 2.97. The van der Waals surface area contributed by atoms with Gasteiger partial charge in [0.05, 0.1) is 11.6 Å². The average molecular weight is 298 g/mol. The monoisotopic (exact) mass is 298 g/mol. The smallest absolute Gasteiger partial charge is 0.0926 e. The lowest BCUT2D eigenvalue weighted by Gasteiger charge is -2.28. The average Bonchev–Trinajstić information content (AvgIpc) is 3.13. The van der Waals surface area contributed by atoms with Gasteiger partial charge in [0.25, 0.3) is 0 Å². The molecular weight excluding hydrogens is 272 g/mol. The summed E-state index contributed by atoms with van der Waals surface area (Å²) in [5.74, 6) is 0.804. The number of benzene rings is 1. The zero-order valence-corrected chi connectivity index (χ0v) is 13.6. The maximum Gasteiger partial charge on any atom is 0.0926 e. The van der Waals surface area contributed by atoms with E-state index in [-0.39, 0.29) is 0 Å². The molecule has 118 valence electrons. The van der Waals surface area contributed by atoms with E-state index in [1.165, 1.54) is 36.8 Å². The number of rotatable bonds is 2. The molecule has 0 bridgehead atoms. The van der Waals surface area contributed by atoms with Crippen molar-refractivity contribution in [1.82, 2.24) is 20.0 Å². The molecule has 0 unspecified atom stereocenters. The number of aromatic nitrogens is 2. The van der Waals surface area contributed by atoms with Crippen molar-refractivity contribution in [3.8, 4) is 0 Å². The van der Waals surface area contributed by atoms with Crippen LogP contribution in [0.5, 0.6) is 0 Å². The lowest BCUT2D eigenvalue weighted by atomic mass is 9.92. The number of nitrogens with one attached hydrogen (secondary N) is 1. The van der Waals surface area contributed by atoms with Crippen molar-refractivity contribution in [2.45, 2.75) is 38.3 Å². The molecule has 1 aromatic heterocycles. The van der Waals surface area contributed by atoms with Gasteiger partial charge in [0.1, 0.15) is 0 Å². The largest absolute Gasteiger partial charge is 0.310 e. The number of hydrogen-bond acceptors (Lipinski definition) is 3. The molecule has 1 N–H and O–H groups in total. The number of likely N-dealkylation sites (tertiary alicyclic amines) is 1. The van der Waals surface area contributed by atoms with Gasteiger partial charge in [-0.1, -0.05) is 19.1 Å². The molecule has 0 aliphatic carbocycles. The fraction of sp³-hybridized carbons (Fsp3) is 0.611. The van der Waals surface area contributed by atoms with Gasteiger partial charge in [-0.2, -0.15) is 5.10 Å². The maximum absolute atomic E-state index is 4.86. The Bertz CT molecular complexity index is 654. The summed E-state index contributed by atoms with van der Waals surface area (Å²) in [4.78, 5) is 2.38. The lowest BCUT2D eigenvalue weighted by molar-refractivity contribution is 0.333. The van der Waals surface area contributed by atoms with E-state index in [4.69, 9.17) is 5.10 Å². The molecule has 2 fully saturated rings. The van der Waals surface area contributed by atoms with E-state index in [1.54, 1.807) is 0 Å². The van der Waals surface area contributed by atoms with Crippen molar-refractivity contribution < 1.29 is 0 Å². The van der Waals surface area contributed by atoms with Crippen LogP contribution in [0.25, 0.3) is 10.9 Å². The quantitative estimate of drug-likeness (QED) is 0.925. The number of fused-ring (bicyclic) bond motifs is 1. The Morgan fingerprint density at radius 1 is 1.23 bits per heavy atom. The van der Waals surface area contributed by atoms with E-state index in [1.807, 2.05) is 0 Å². The molecule has 0 spiro atoms. The molecule has 3 heterocycles. The van der Waals surface area contributed by atoms with E-state index in [0.29, 0.717) is 12.1 Å². The third kappa shape index (κ3) is 2.66. The molecule has 0 radical (unpaired) electrons. The van der Waals surface area contributed by atoms with Gasteiger partial charge in [-0.25, -0.2) is 0 Å². The summed E-state index contributed by atoms with van der Waals surface area (Å²) in [5, 5.41) is 9.80. The van der Waals surface area contributed by atoms with E-state index in [2.05, 4.69) is 53.3 Å². The molecule has 4 nitrogen and oxygen atoms in total. The molecule has 0 amide bonds. The topological polar surface area (TPSA) is 33.1 Å². The molecular formula is C18H26N4. The highest BCUT2D eigenvalue weighted by Gasteiger charge is 2.23. The molecule has 4 rings (SSSR count). The number of nitrogens with zero attached hydrogens (tertiary/aromatic N) is 3. The van der Waals surface area contributed by atoms with Crippen LogP contribution in [0, 0.1) is 5.92 Å². The fourth-order valence-corrected chi connectivity index (χ4v) is 3.87. The second-order valence-corrected chi connectivity index (χ2v) is 7.28. The highest BCUT2D eigenvalue weighted by molar-refractivity contribution is 5.78. The van der Waals surface area contributed by atoms with Crippen LogP contribution in [0.3, 0.4) is 0 Å². The van der Waals surface area contributed by atoms with E-state index in [0.717, 1.165) is 24.5 Å². The van der Waals surface area contributed by atoms with Gasteiger partial charge in [0, 0.05) is 24.2 Å². The Kier molecular flexibility index (Phi) is 3.66. The molecule has 0 saturated carbocycles. The van der Waals surface area contributed by atoms with Gasteiger partial charge >= 0.3 is 0 Å². The first-order chi connectivity index (χ1) is 10.7. The highest BCUT2D eigenvalue weighted by Crippen LogP contribution is 2.28. The zero-order chi connectivity index (χ0) is 15.1. The van der Waals surface area contributed by atoms with Crippen molar-refractivity contribution in [3.63, 3.8) is 0 Å². The molecule has 22 heavy (non-hydrogen) atoms. The minimum Gasteiger partial charge on any atom is -0.310 e. The predicted molar refractivity (Wildman–Crippen MR) is 90.0 cm³/mol. The summed E-state index contributed by atoms with van der Waals surface area (Å²) >= 11 is 0. The first-order valence-electron chi connectivity index (χ1n) is 8.60. The van der Waals surface area contributed by atoms with Gasteiger partial charge in [-0.3, -0.25) is 4.68 Å². The summed E-state index contributed by atoms with van der Waals surface area (Å²) < 4.78 is 2.19. The first kappa shape index (κ1) is 14.2. The number of likely N-dealkylation sites (N-methyl/N-ethyl adjacent to an activating group) is 1. The van der Waals surface area contributed by atoms with Crippen LogP contribution in [0.4, 0.5) is 0 Å². The van der Waals surface area contributed by atoms with Crippen molar-refractivity contribution in [3.05, 3.63) is 30.0 Å². The summed E-state index contributed by atoms with van der Waals surface area (Å²) in [7, 11) is 2.19. The SMILES string of the molecule is C[C@H]1CC[C@H](c2ccc3cn([C@@H]4CCN(C)C4)nc3c2)NC1. The van der Waals surface area contributed by atoms with Crippen LogP contribution in [0.15, 0.2) is 24.4 Å². The van der Waals surface area contributed by atoms with Crippen molar-refractivity contribution in [1.29, 1.82) is 0 Å². The Hall–Kier alpha value is -1.39. The first-order valence-corrected chi connectivity index (χ1v) is 8.60. The van der Waals surface area contributed by atoms with Crippen LogP contribution in [0.1, 0.15) is 43.8 Å². The summed E-state index contributed by atoms with van der Waals surface area (Å²) in [6.45, 7) is 5.75. The second-order valence-electron chi connectivity index (χ2n) is 7.28. The number of hydrogen-bond donors (Lipinski definition) is 1. The second kappa shape index (κ2) is 5.67. The minimum atomic E-state index is 0.503. The van der Waals surface area contributed by atoms with Crippen LogP contribution in [0.2, 0.25) is 0 Å². The van der Waals surface area contributed by atoms with E-state index >= 15 is 0 Å². The van der Waals surface area contributed by atoms with Crippen molar-refractivity contribution >= 4 is 10.9 Å². The molecule has 4 heteroatoms. The van der Waals surface area contributed by atoms with Gasteiger partial charge in [-0.05, 0) is 56.9 Å². The third-order valence-corrected chi connectivity index (χ3v) is 5.35. The molecule has 2 aliphatic heterocycles. The third-order valence-electron chi connectivity index (χ3n) is 5.35. The van der Waals surface area contributed by atoms with Crippen molar-refractivity contribution in [2.75, 3.05) is 26.7 Å². The number of piperidine rings is 1. The summed E-state index contributed by atoms with van der Waals surface area (Å²) in [5.41, 5.74) is 2.54. The molecule has 2 aromatic rings. The van der Waals surface area contributed by atoms with Crippen molar-refractivity contribution in [2.24, 2.45) is 5.92 Å². The van der Waals surface area contributed by atoms with Gasteiger partial charge < -0.3 is 10.2 Å². The molecule has 2 saturated heterocycles. The molecule has 1 aromatic carbocycles.